The third-order valence-corrected chi connectivity index (χ3v) is 3.34. The summed E-state index contributed by atoms with van der Waals surface area (Å²) < 4.78 is 18.8. The number of para-hydroxylation sites is 1. The van der Waals surface area contributed by atoms with Gasteiger partial charge in [0.25, 0.3) is 5.91 Å². The average molecular weight is 301 g/mol. The number of amides is 1. The number of halogens is 1. The summed E-state index contributed by atoms with van der Waals surface area (Å²) in [5.41, 5.74) is 2.77. The van der Waals surface area contributed by atoms with Crippen LogP contribution in [0.1, 0.15) is 21.5 Å². The molecule has 1 amide bonds. The van der Waals surface area contributed by atoms with Gasteiger partial charge in [-0.15, -0.1) is 0 Å². The molecule has 22 heavy (non-hydrogen) atoms. The summed E-state index contributed by atoms with van der Waals surface area (Å²) in [6.07, 6.45) is 0. The highest BCUT2D eigenvalue weighted by Crippen LogP contribution is 2.15. The standard InChI is InChI=1S/C18H20FNO2/c1-13-10-14(2)12-15(11-13)18(21)20(3)8-9-22-17-7-5-4-6-16(17)19/h4-7,10-12H,8-9H2,1-3H3. The molecule has 0 unspecified atom stereocenters. The molecular weight excluding hydrogens is 281 g/mol. The van der Waals surface area contributed by atoms with Crippen molar-refractivity contribution in [2.24, 2.45) is 0 Å². The largest absolute Gasteiger partial charge is 0.489 e. The minimum Gasteiger partial charge on any atom is -0.489 e. The first-order chi connectivity index (χ1) is 10.5. The molecular formula is C18H20FNO2. The fourth-order valence-electron chi connectivity index (χ4n) is 2.27. The molecule has 0 saturated carbocycles. The van der Waals surface area contributed by atoms with Crippen molar-refractivity contribution in [3.8, 4) is 5.75 Å². The van der Waals surface area contributed by atoms with E-state index in [0.29, 0.717) is 12.1 Å². The number of carbonyl (C=O) groups is 1. The number of ether oxygens (including phenoxy) is 1. The Balaban J connectivity index is 1.93. The molecule has 0 saturated heterocycles. The van der Waals surface area contributed by atoms with E-state index in [1.54, 1.807) is 30.1 Å². The Labute approximate surface area is 130 Å². The highest BCUT2D eigenvalue weighted by atomic mass is 19.1. The first-order valence-corrected chi connectivity index (χ1v) is 7.18. The molecule has 2 aromatic rings. The molecule has 3 nitrogen and oxygen atoms in total. The molecule has 116 valence electrons. The summed E-state index contributed by atoms with van der Waals surface area (Å²) in [4.78, 5) is 13.9. The Morgan fingerprint density at radius 2 is 1.77 bits per heavy atom. The van der Waals surface area contributed by atoms with Crippen molar-refractivity contribution in [3.63, 3.8) is 0 Å². The molecule has 4 heteroatoms. The Morgan fingerprint density at radius 3 is 2.41 bits per heavy atom. The van der Waals surface area contributed by atoms with Crippen LogP contribution in [-0.2, 0) is 0 Å². The summed E-state index contributed by atoms with van der Waals surface area (Å²) in [5.74, 6) is -0.260. The molecule has 0 heterocycles. The second-order valence-electron chi connectivity index (χ2n) is 5.38. The topological polar surface area (TPSA) is 29.5 Å². The van der Waals surface area contributed by atoms with Crippen molar-refractivity contribution in [1.82, 2.24) is 4.90 Å². The van der Waals surface area contributed by atoms with Crippen LogP contribution in [0.25, 0.3) is 0 Å². The number of nitrogens with zero attached hydrogens (tertiary/aromatic N) is 1. The number of hydrogen-bond donors (Lipinski definition) is 0. The van der Waals surface area contributed by atoms with E-state index in [4.69, 9.17) is 4.74 Å². The molecule has 2 rings (SSSR count). The lowest BCUT2D eigenvalue weighted by Gasteiger charge is -2.18. The van der Waals surface area contributed by atoms with Crippen molar-refractivity contribution in [2.75, 3.05) is 20.2 Å². The SMILES string of the molecule is Cc1cc(C)cc(C(=O)N(C)CCOc2ccccc2F)c1. The highest BCUT2D eigenvalue weighted by molar-refractivity contribution is 5.94. The average Bonchev–Trinajstić information content (AvgIpc) is 2.47. The fourth-order valence-corrected chi connectivity index (χ4v) is 2.27. The van der Waals surface area contributed by atoms with Crippen LogP contribution in [0.2, 0.25) is 0 Å². The van der Waals surface area contributed by atoms with Gasteiger partial charge < -0.3 is 9.64 Å². The monoisotopic (exact) mass is 301 g/mol. The summed E-state index contributed by atoms with van der Waals surface area (Å²) in [7, 11) is 1.71. The van der Waals surface area contributed by atoms with Gasteiger partial charge in [0.2, 0.25) is 0 Å². The van der Waals surface area contributed by atoms with Crippen molar-refractivity contribution in [2.45, 2.75) is 13.8 Å². The van der Waals surface area contributed by atoms with Gasteiger partial charge in [0.05, 0.1) is 6.54 Å². The molecule has 0 fully saturated rings. The predicted molar refractivity (Wildman–Crippen MR) is 84.8 cm³/mol. The summed E-state index contributed by atoms with van der Waals surface area (Å²) in [5, 5.41) is 0. The van der Waals surface area contributed by atoms with Gasteiger partial charge in [0.15, 0.2) is 11.6 Å². The lowest BCUT2D eigenvalue weighted by Crippen LogP contribution is -2.31. The zero-order valence-corrected chi connectivity index (χ0v) is 13.1. The van der Waals surface area contributed by atoms with Gasteiger partial charge in [-0.3, -0.25) is 4.79 Å². The summed E-state index contributed by atoms with van der Waals surface area (Å²) in [6, 6.07) is 12.0. The number of aryl methyl sites for hydroxylation is 2. The summed E-state index contributed by atoms with van der Waals surface area (Å²) >= 11 is 0. The maximum atomic E-state index is 13.4. The zero-order chi connectivity index (χ0) is 16.1. The number of carbonyl (C=O) groups excluding carboxylic acids is 1. The van der Waals surface area contributed by atoms with E-state index in [2.05, 4.69) is 0 Å². The van der Waals surface area contributed by atoms with E-state index < -0.39 is 5.82 Å². The lowest BCUT2D eigenvalue weighted by molar-refractivity contribution is 0.0772. The molecule has 2 aromatic carbocycles. The van der Waals surface area contributed by atoms with Gasteiger partial charge in [0.1, 0.15) is 6.61 Å². The highest BCUT2D eigenvalue weighted by Gasteiger charge is 2.12. The third-order valence-electron chi connectivity index (χ3n) is 3.34. The Kier molecular flexibility index (Phi) is 5.15. The number of benzene rings is 2. The van der Waals surface area contributed by atoms with Gasteiger partial charge in [-0.05, 0) is 38.1 Å². The smallest absolute Gasteiger partial charge is 0.253 e. The van der Waals surface area contributed by atoms with Crippen LogP contribution in [0.5, 0.6) is 5.75 Å². The molecule has 0 radical (unpaired) electrons. The van der Waals surface area contributed by atoms with Crippen LogP contribution in [0.3, 0.4) is 0 Å². The maximum absolute atomic E-state index is 13.4. The zero-order valence-electron chi connectivity index (χ0n) is 13.1. The summed E-state index contributed by atoms with van der Waals surface area (Å²) in [6.45, 7) is 4.56. The van der Waals surface area contributed by atoms with E-state index in [9.17, 15) is 9.18 Å². The normalized spacial score (nSPS) is 10.4. The molecule has 0 atom stereocenters. The molecule has 0 aliphatic heterocycles. The van der Waals surface area contributed by atoms with Crippen LogP contribution in [0.4, 0.5) is 4.39 Å². The first-order valence-electron chi connectivity index (χ1n) is 7.18. The van der Waals surface area contributed by atoms with Gasteiger partial charge in [-0.1, -0.05) is 29.3 Å². The van der Waals surface area contributed by atoms with Crippen LogP contribution in [0, 0.1) is 19.7 Å². The van der Waals surface area contributed by atoms with Crippen molar-refractivity contribution in [1.29, 1.82) is 0 Å². The molecule has 0 bridgehead atoms. The molecule has 0 spiro atoms. The first kappa shape index (κ1) is 16.0. The van der Waals surface area contributed by atoms with Crippen LogP contribution in [0.15, 0.2) is 42.5 Å². The van der Waals surface area contributed by atoms with E-state index in [-0.39, 0.29) is 18.3 Å². The fraction of sp³-hybridized carbons (Fsp3) is 0.278. The van der Waals surface area contributed by atoms with E-state index >= 15 is 0 Å². The minimum atomic E-state index is -0.397. The quantitative estimate of drug-likeness (QED) is 0.844. The van der Waals surface area contributed by atoms with E-state index in [1.807, 2.05) is 32.0 Å². The van der Waals surface area contributed by atoms with Crippen molar-refractivity contribution in [3.05, 3.63) is 65.0 Å². The van der Waals surface area contributed by atoms with Crippen LogP contribution < -0.4 is 4.74 Å². The van der Waals surface area contributed by atoms with E-state index in [1.165, 1.54) is 6.07 Å². The van der Waals surface area contributed by atoms with E-state index in [0.717, 1.165) is 11.1 Å². The van der Waals surface area contributed by atoms with Gasteiger partial charge >= 0.3 is 0 Å². The maximum Gasteiger partial charge on any atom is 0.253 e. The number of likely N-dealkylation sites (N-methyl/N-ethyl adjacent to an activating group) is 1. The van der Waals surface area contributed by atoms with Crippen molar-refractivity contribution >= 4 is 5.91 Å². The predicted octanol–water partition coefficient (Wildman–Crippen LogP) is 3.59. The van der Waals surface area contributed by atoms with Crippen molar-refractivity contribution < 1.29 is 13.9 Å². The van der Waals surface area contributed by atoms with Gasteiger partial charge in [-0.25, -0.2) is 4.39 Å². The molecule has 0 aromatic heterocycles. The third kappa shape index (κ3) is 4.07. The van der Waals surface area contributed by atoms with Crippen LogP contribution >= 0.6 is 0 Å². The number of hydrogen-bond acceptors (Lipinski definition) is 2. The van der Waals surface area contributed by atoms with Gasteiger partial charge in [-0.2, -0.15) is 0 Å². The second kappa shape index (κ2) is 7.07. The number of rotatable bonds is 5. The Hall–Kier alpha value is -2.36. The second-order valence-corrected chi connectivity index (χ2v) is 5.38. The Morgan fingerprint density at radius 1 is 1.14 bits per heavy atom. The van der Waals surface area contributed by atoms with Gasteiger partial charge in [0, 0.05) is 12.6 Å². The minimum absolute atomic E-state index is 0.0658. The lowest BCUT2D eigenvalue weighted by atomic mass is 10.1. The molecule has 0 N–H and O–H groups in total. The molecule has 0 aliphatic rings. The molecule has 0 aliphatic carbocycles. The van der Waals surface area contributed by atoms with Crippen LogP contribution in [-0.4, -0.2) is 31.0 Å². The Bertz CT molecular complexity index is 650.